The average Bonchev–Trinajstić information content (AvgIpc) is 2.04. The van der Waals surface area contributed by atoms with E-state index in [1.54, 1.807) is 0 Å². The Morgan fingerprint density at radius 2 is 1.62 bits per heavy atom. The summed E-state index contributed by atoms with van der Waals surface area (Å²) in [4.78, 5) is 0. The molecule has 0 amide bonds. The standard InChI is InChI=1S/C9H6BF3/c10-6-5-7-1-3-8(4-2-7)9(11,12)13/h1-6H/b6-5+. The molecular weight excluding hydrogens is 176 g/mol. The van der Waals surface area contributed by atoms with E-state index in [0.29, 0.717) is 5.56 Å². The predicted octanol–water partition coefficient (Wildman–Crippen LogP) is 2.84. The molecule has 1 aromatic carbocycles. The SMILES string of the molecule is [B]/C=C/c1ccc(C(F)(F)F)cc1. The lowest BCUT2D eigenvalue weighted by molar-refractivity contribution is -0.137. The molecule has 0 aliphatic heterocycles. The van der Waals surface area contributed by atoms with Crippen molar-refractivity contribution in [3.63, 3.8) is 0 Å². The van der Waals surface area contributed by atoms with Crippen LogP contribution in [-0.4, -0.2) is 7.85 Å². The van der Waals surface area contributed by atoms with Crippen LogP contribution in [0, 0.1) is 0 Å². The second kappa shape index (κ2) is 3.68. The Morgan fingerprint density at radius 3 is 2.00 bits per heavy atom. The molecule has 66 valence electrons. The first-order valence-corrected chi connectivity index (χ1v) is 3.59. The molecule has 0 aromatic heterocycles. The highest BCUT2D eigenvalue weighted by Gasteiger charge is 2.29. The first kappa shape index (κ1) is 9.90. The van der Waals surface area contributed by atoms with Crippen molar-refractivity contribution >= 4 is 13.9 Å². The second-order valence-electron chi connectivity index (χ2n) is 2.48. The zero-order valence-electron chi connectivity index (χ0n) is 6.68. The summed E-state index contributed by atoms with van der Waals surface area (Å²) in [6, 6.07) is 4.78. The van der Waals surface area contributed by atoms with Crippen molar-refractivity contribution in [2.75, 3.05) is 0 Å². The van der Waals surface area contributed by atoms with Crippen LogP contribution in [0.4, 0.5) is 13.2 Å². The van der Waals surface area contributed by atoms with E-state index in [2.05, 4.69) is 0 Å². The zero-order valence-corrected chi connectivity index (χ0v) is 6.68. The molecule has 0 aliphatic carbocycles. The molecule has 0 saturated carbocycles. The molecule has 0 nitrogen and oxygen atoms in total. The van der Waals surface area contributed by atoms with Crippen LogP contribution in [0.3, 0.4) is 0 Å². The summed E-state index contributed by atoms with van der Waals surface area (Å²) in [5.74, 6) is 1.28. The van der Waals surface area contributed by atoms with Gasteiger partial charge in [-0.25, -0.2) is 0 Å². The van der Waals surface area contributed by atoms with Crippen LogP contribution in [-0.2, 0) is 6.18 Å². The summed E-state index contributed by atoms with van der Waals surface area (Å²) in [6.07, 6.45) is -2.74. The molecule has 1 rings (SSSR count). The van der Waals surface area contributed by atoms with Crippen molar-refractivity contribution in [2.45, 2.75) is 6.18 Å². The highest BCUT2D eigenvalue weighted by Crippen LogP contribution is 2.29. The molecule has 13 heavy (non-hydrogen) atoms. The van der Waals surface area contributed by atoms with Gasteiger partial charge in [-0.2, -0.15) is 13.2 Å². The van der Waals surface area contributed by atoms with Gasteiger partial charge in [-0.15, -0.1) is 5.98 Å². The third-order valence-electron chi connectivity index (χ3n) is 1.53. The zero-order chi connectivity index (χ0) is 9.90. The smallest absolute Gasteiger partial charge is 0.166 e. The van der Waals surface area contributed by atoms with Crippen LogP contribution in [0.5, 0.6) is 0 Å². The third kappa shape index (κ3) is 2.65. The predicted molar refractivity (Wildman–Crippen MR) is 46.2 cm³/mol. The highest BCUT2D eigenvalue weighted by atomic mass is 19.4. The van der Waals surface area contributed by atoms with Gasteiger partial charge >= 0.3 is 6.18 Å². The van der Waals surface area contributed by atoms with Crippen LogP contribution < -0.4 is 0 Å². The minimum absolute atomic E-state index is 0.649. The average molecular weight is 182 g/mol. The minimum atomic E-state index is -4.27. The lowest BCUT2D eigenvalue weighted by Crippen LogP contribution is -2.03. The molecule has 0 heterocycles. The number of rotatable bonds is 1. The van der Waals surface area contributed by atoms with Gasteiger partial charge in [0.15, 0.2) is 0 Å². The van der Waals surface area contributed by atoms with Crippen molar-refractivity contribution in [1.82, 2.24) is 0 Å². The van der Waals surface area contributed by atoms with E-state index in [-0.39, 0.29) is 0 Å². The Labute approximate surface area is 75.5 Å². The van der Waals surface area contributed by atoms with Crippen molar-refractivity contribution in [1.29, 1.82) is 0 Å². The molecule has 2 radical (unpaired) electrons. The Balaban J connectivity index is 2.94. The monoisotopic (exact) mass is 182 g/mol. The third-order valence-corrected chi connectivity index (χ3v) is 1.53. The van der Waals surface area contributed by atoms with Crippen molar-refractivity contribution in [2.24, 2.45) is 0 Å². The van der Waals surface area contributed by atoms with E-state index >= 15 is 0 Å². The van der Waals surface area contributed by atoms with Crippen LogP contribution in [0.2, 0.25) is 0 Å². The van der Waals surface area contributed by atoms with E-state index in [0.717, 1.165) is 12.1 Å². The lowest BCUT2D eigenvalue weighted by Gasteiger charge is -2.05. The van der Waals surface area contributed by atoms with Crippen LogP contribution in [0.15, 0.2) is 30.2 Å². The topological polar surface area (TPSA) is 0 Å². The minimum Gasteiger partial charge on any atom is -0.166 e. The number of halogens is 3. The van der Waals surface area contributed by atoms with Gasteiger partial charge in [-0.3, -0.25) is 0 Å². The van der Waals surface area contributed by atoms with Crippen LogP contribution in [0.25, 0.3) is 6.08 Å². The van der Waals surface area contributed by atoms with Crippen molar-refractivity contribution in [3.05, 3.63) is 41.4 Å². The summed E-state index contributed by atoms with van der Waals surface area (Å²) < 4.78 is 36.2. The van der Waals surface area contributed by atoms with E-state index in [1.165, 1.54) is 24.2 Å². The van der Waals surface area contributed by atoms with Crippen molar-refractivity contribution in [3.8, 4) is 0 Å². The first-order chi connectivity index (χ1) is 6.04. The van der Waals surface area contributed by atoms with Gasteiger partial charge in [0.1, 0.15) is 7.85 Å². The van der Waals surface area contributed by atoms with E-state index in [4.69, 9.17) is 7.85 Å². The highest BCUT2D eigenvalue weighted by molar-refractivity contribution is 6.19. The Morgan fingerprint density at radius 1 is 1.08 bits per heavy atom. The normalized spacial score (nSPS) is 12.2. The van der Waals surface area contributed by atoms with Crippen molar-refractivity contribution < 1.29 is 13.2 Å². The molecule has 0 bridgehead atoms. The molecule has 1 aromatic rings. The molecule has 0 spiro atoms. The van der Waals surface area contributed by atoms with Gasteiger partial charge < -0.3 is 0 Å². The number of hydrogen-bond donors (Lipinski definition) is 0. The summed E-state index contributed by atoms with van der Waals surface area (Å²) in [7, 11) is 5.08. The fourth-order valence-corrected chi connectivity index (χ4v) is 0.894. The van der Waals surface area contributed by atoms with Crippen LogP contribution in [0.1, 0.15) is 11.1 Å². The fourth-order valence-electron chi connectivity index (χ4n) is 0.894. The number of alkyl halides is 3. The maximum absolute atomic E-state index is 12.1. The van der Waals surface area contributed by atoms with Gasteiger partial charge in [0, 0.05) is 0 Å². The quantitative estimate of drug-likeness (QED) is 0.585. The van der Waals surface area contributed by atoms with Gasteiger partial charge in [-0.1, -0.05) is 18.2 Å². The van der Waals surface area contributed by atoms with E-state index in [9.17, 15) is 13.2 Å². The fraction of sp³-hybridized carbons (Fsp3) is 0.111. The van der Waals surface area contributed by atoms with E-state index < -0.39 is 11.7 Å². The number of benzene rings is 1. The molecule has 0 fully saturated rings. The molecule has 0 aliphatic rings. The molecule has 4 heteroatoms. The molecule has 0 N–H and O–H groups in total. The maximum atomic E-state index is 12.1. The van der Waals surface area contributed by atoms with E-state index in [1.807, 2.05) is 0 Å². The maximum Gasteiger partial charge on any atom is 0.416 e. The molecule has 0 atom stereocenters. The molecule has 0 saturated heterocycles. The van der Waals surface area contributed by atoms with Crippen LogP contribution >= 0.6 is 0 Å². The Bertz CT molecular complexity index is 298. The summed E-state index contributed by atoms with van der Waals surface area (Å²) in [5, 5.41) is 0. The first-order valence-electron chi connectivity index (χ1n) is 3.59. The van der Waals surface area contributed by atoms with Gasteiger partial charge in [-0.05, 0) is 17.7 Å². The van der Waals surface area contributed by atoms with Gasteiger partial charge in [0.05, 0.1) is 5.56 Å². The lowest BCUT2D eigenvalue weighted by atomic mass is 10.1. The Hall–Kier alpha value is -1.19. The summed E-state index contributed by atoms with van der Waals surface area (Å²) in [6.45, 7) is 0. The molecular formula is C9H6BF3. The Kier molecular flexibility index (Phi) is 2.81. The largest absolute Gasteiger partial charge is 0.416 e. The summed E-state index contributed by atoms with van der Waals surface area (Å²) >= 11 is 0. The van der Waals surface area contributed by atoms with Gasteiger partial charge in [0.25, 0.3) is 0 Å². The summed E-state index contributed by atoms with van der Waals surface area (Å²) in [5.41, 5.74) is -0.00262. The second-order valence-corrected chi connectivity index (χ2v) is 2.48. The molecule has 0 unspecified atom stereocenters. The van der Waals surface area contributed by atoms with Gasteiger partial charge in [0.2, 0.25) is 0 Å². The number of hydrogen-bond acceptors (Lipinski definition) is 0.